The van der Waals surface area contributed by atoms with Crippen LogP contribution in [-0.2, 0) is 4.79 Å². The molecular formula is C20H21N3O3. The van der Waals surface area contributed by atoms with E-state index in [2.05, 4.69) is 10.4 Å². The van der Waals surface area contributed by atoms with E-state index in [1.54, 1.807) is 19.2 Å². The molecule has 0 aliphatic heterocycles. The van der Waals surface area contributed by atoms with Gasteiger partial charge >= 0.3 is 0 Å². The third-order valence-electron chi connectivity index (χ3n) is 3.84. The van der Waals surface area contributed by atoms with E-state index in [1.165, 1.54) is 0 Å². The topological polar surface area (TPSA) is 65.4 Å². The van der Waals surface area contributed by atoms with E-state index in [1.807, 2.05) is 61.0 Å². The van der Waals surface area contributed by atoms with Gasteiger partial charge in [-0.15, -0.1) is 0 Å². The Morgan fingerprint density at radius 1 is 1.08 bits per heavy atom. The van der Waals surface area contributed by atoms with Crippen LogP contribution in [0.5, 0.6) is 11.5 Å². The Morgan fingerprint density at radius 3 is 2.46 bits per heavy atom. The van der Waals surface area contributed by atoms with E-state index < -0.39 is 0 Å². The van der Waals surface area contributed by atoms with E-state index >= 15 is 0 Å². The number of nitrogens with zero attached hydrogens (tertiary/aromatic N) is 2. The lowest BCUT2D eigenvalue weighted by atomic mass is 10.2. The maximum atomic E-state index is 12.4. The molecule has 1 aromatic heterocycles. The van der Waals surface area contributed by atoms with Crippen LogP contribution >= 0.6 is 0 Å². The fourth-order valence-corrected chi connectivity index (χ4v) is 2.70. The molecule has 0 spiro atoms. The van der Waals surface area contributed by atoms with Gasteiger partial charge in [-0.1, -0.05) is 24.3 Å². The number of nitrogens with one attached hydrogen (secondary N) is 1. The SMILES string of the molecule is COc1ccccc1OCC(=O)Nc1ccccc1-n1nc(C)cc1C. The molecule has 0 unspecified atom stereocenters. The first-order valence-electron chi connectivity index (χ1n) is 8.27. The first-order chi connectivity index (χ1) is 12.6. The van der Waals surface area contributed by atoms with Crippen LogP contribution in [0.4, 0.5) is 5.69 Å². The molecule has 0 fully saturated rings. The number of rotatable bonds is 6. The molecule has 0 saturated carbocycles. The van der Waals surface area contributed by atoms with Crippen LogP contribution in [0.15, 0.2) is 54.6 Å². The molecular weight excluding hydrogens is 330 g/mol. The summed E-state index contributed by atoms with van der Waals surface area (Å²) >= 11 is 0. The monoisotopic (exact) mass is 351 g/mol. The molecule has 6 nitrogen and oxygen atoms in total. The van der Waals surface area contributed by atoms with Crippen LogP contribution in [0.3, 0.4) is 0 Å². The largest absolute Gasteiger partial charge is 0.493 e. The van der Waals surface area contributed by atoms with Gasteiger partial charge in [-0.2, -0.15) is 5.10 Å². The number of hydrogen-bond donors (Lipinski definition) is 1. The van der Waals surface area contributed by atoms with Crippen LogP contribution < -0.4 is 14.8 Å². The van der Waals surface area contributed by atoms with Gasteiger partial charge in [0.1, 0.15) is 0 Å². The van der Waals surface area contributed by atoms with Crippen molar-refractivity contribution in [2.24, 2.45) is 0 Å². The van der Waals surface area contributed by atoms with E-state index in [-0.39, 0.29) is 12.5 Å². The van der Waals surface area contributed by atoms with Crippen LogP contribution in [0.2, 0.25) is 0 Å². The quantitative estimate of drug-likeness (QED) is 0.738. The molecule has 0 aliphatic carbocycles. The van der Waals surface area contributed by atoms with Crippen molar-refractivity contribution in [3.63, 3.8) is 0 Å². The van der Waals surface area contributed by atoms with Crippen LogP contribution in [0.25, 0.3) is 5.69 Å². The second-order valence-electron chi connectivity index (χ2n) is 5.84. The van der Waals surface area contributed by atoms with Gasteiger partial charge in [0, 0.05) is 5.69 Å². The molecule has 2 aromatic carbocycles. The zero-order valence-electron chi connectivity index (χ0n) is 15.0. The molecule has 0 bridgehead atoms. The number of methoxy groups -OCH3 is 1. The summed E-state index contributed by atoms with van der Waals surface area (Å²) in [7, 11) is 1.56. The molecule has 3 aromatic rings. The molecule has 0 aliphatic rings. The van der Waals surface area contributed by atoms with Crippen LogP contribution in [-0.4, -0.2) is 29.4 Å². The molecule has 1 N–H and O–H groups in total. The van der Waals surface area contributed by atoms with Gasteiger partial charge in [0.25, 0.3) is 5.91 Å². The van der Waals surface area contributed by atoms with Crippen molar-refractivity contribution in [2.45, 2.75) is 13.8 Å². The Balaban J connectivity index is 1.73. The van der Waals surface area contributed by atoms with Gasteiger partial charge < -0.3 is 14.8 Å². The predicted molar refractivity (Wildman–Crippen MR) is 100 cm³/mol. The van der Waals surface area contributed by atoms with Crippen molar-refractivity contribution in [3.05, 3.63) is 66.0 Å². The number of aryl methyl sites for hydroxylation is 2. The highest BCUT2D eigenvalue weighted by Crippen LogP contribution is 2.26. The summed E-state index contributed by atoms with van der Waals surface area (Å²) in [5, 5.41) is 7.37. The molecule has 1 heterocycles. The van der Waals surface area contributed by atoms with Crippen molar-refractivity contribution >= 4 is 11.6 Å². The number of hydrogen-bond acceptors (Lipinski definition) is 4. The number of carbonyl (C=O) groups excluding carboxylic acids is 1. The van der Waals surface area contributed by atoms with Crippen LogP contribution in [0.1, 0.15) is 11.4 Å². The molecule has 6 heteroatoms. The lowest BCUT2D eigenvalue weighted by molar-refractivity contribution is -0.118. The van der Waals surface area contributed by atoms with E-state index in [0.717, 1.165) is 17.1 Å². The summed E-state index contributed by atoms with van der Waals surface area (Å²) in [6, 6.07) is 16.7. The van der Waals surface area contributed by atoms with Crippen molar-refractivity contribution in [3.8, 4) is 17.2 Å². The molecule has 1 amide bonds. The van der Waals surface area contributed by atoms with Crippen molar-refractivity contribution in [2.75, 3.05) is 19.0 Å². The van der Waals surface area contributed by atoms with Crippen molar-refractivity contribution in [1.82, 2.24) is 9.78 Å². The second-order valence-corrected chi connectivity index (χ2v) is 5.84. The first-order valence-corrected chi connectivity index (χ1v) is 8.27. The summed E-state index contributed by atoms with van der Waals surface area (Å²) in [6.45, 7) is 3.79. The van der Waals surface area contributed by atoms with Crippen molar-refractivity contribution in [1.29, 1.82) is 0 Å². The maximum absolute atomic E-state index is 12.4. The minimum Gasteiger partial charge on any atom is -0.493 e. The number of para-hydroxylation sites is 4. The third-order valence-corrected chi connectivity index (χ3v) is 3.84. The smallest absolute Gasteiger partial charge is 0.262 e. The lowest BCUT2D eigenvalue weighted by Crippen LogP contribution is -2.21. The molecule has 0 saturated heterocycles. The lowest BCUT2D eigenvalue weighted by Gasteiger charge is -2.13. The summed E-state index contributed by atoms with van der Waals surface area (Å²) < 4.78 is 12.6. The summed E-state index contributed by atoms with van der Waals surface area (Å²) in [5.74, 6) is 0.852. The minimum atomic E-state index is -0.259. The molecule has 0 atom stereocenters. The second kappa shape index (κ2) is 7.74. The standard InChI is InChI=1S/C20H21N3O3/c1-14-12-15(2)23(22-14)17-9-5-4-8-16(17)21-20(24)13-26-19-11-7-6-10-18(19)25-3/h4-12H,13H2,1-3H3,(H,21,24). The third kappa shape index (κ3) is 3.85. The highest BCUT2D eigenvalue weighted by atomic mass is 16.5. The zero-order valence-corrected chi connectivity index (χ0v) is 15.0. The van der Waals surface area contributed by atoms with E-state index in [0.29, 0.717) is 17.2 Å². The number of benzene rings is 2. The number of aromatic nitrogens is 2. The van der Waals surface area contributed by atoms with E-state index in [9.17, 15) is 4.79 Å². The predicted octanol–water partition coefficient (Wildman–Crippen LogP) is 3.52. The number of amides is 1. The Labute approximate surface area is 152 Å². The summed E-state index contributed by atoms with van der Waals surface area (Å²) in [5.41, 5.74) is 3.40. The Kier molecular flexibility index (Phi) is 5.22. The molecule has 0 radical (unpaired) electrons. The van der Waals surface area contributed by atoms with Gasteiger partial charge in [-0.05, 0) is 44.2 Å². The number of anilines is 1. The summed E-state index contributed by atoms with van der Waals surface area (Å²) in [6.07, 6.45) is 0. The molecule has 134 valence electrons. The average Bonchev–Trinajstić information content (AvgIpc) is 2.98. The van der Waals surface area contributed by atoms with E-state index in [4.69, 9.17) is 9.47 Å². The zero-order chi connectivity index (χ0) is 18.5. The Bertz CT molecular complexity index is 918. The van der Waals surface area contributed by atoms with Crippen molar-refractivity contribution < 1.29 is 14.3 Å². The van der Waals surface area contributed by atoms with Gasteiger partial charge in [-0.3, -0.25) is 4.79 Å². The number of ether oxygens (including phenoxy) is 2. The maximum Gasteiger partial charge on any atom is 0.262 e. The fourth-order valence-electron chi connectivity index (χ4n) is 2.70. The van der Waals surface area contributed by atoms with Gasteiger partial charge in [0.2, 0.25) is 0 Å². The Morgan fingerprint density at radius 2 is 1.77 bits per heavy atom. The minimum absolute atomic E-state index is 0.119. The highest BCUT2D eigenvalue weighted by Gasteiger charge is 2.12. The fraction of sp³-hybridized carbons (Fsp3) is 0.200. The average molecular weight is 351 g/mol. The van der Waals surface area contributed by atoms with Gasteiger partial charge in [-0.25, -0.2) is 4.68 Å². The summed E-state index contributed by atoms with van der Waals surface area (Å²) in [4.78, 5) is 12.4. The van der Waals surface area contributed by atoms with Gasteiger partial charge in [0.15, 0.2) is 18.1 Å². The highest BCUT2D eigenvalue weighted by molar-refractivity contribution is 5.93. The van der Waals surface area contributed by atoms with Crippen LogP contribution in [0, 0.1) is 13.8 Å². The molecule has 26 heavy (non-hydrogen) atoms. The first kappa shape index (κ1) is 17.5. The normalized spacial score (nSPS) is 10.4. The number of carbonyl (C=O) groups is 1. The molecule has 3 rings (SSSR count). The Hall–Kier alpha value is -3.28. The van der Waals surface area contributed by atoms with Gasteiger partial charge in [0.05, 0.1) is 24.2 Å².